The number of sulfonamides is 1. The number of nitrogens with zero attached hydrogens (tertiary/aromatic N) is 3. The van der Waals surface area contributed by atoms with Crippen LogP contribution in [0.3, 0.4) is 0 Å². The summed E-state index contributed by atoms with van der Waals surface area (Å²) in [4.78, 5) is 13.1. The Kier molecular flexibility index (Phi) is 6.76. The summed E-state index contributed by atoms with van der Waals surface area (Å²) in [5.74, 6) is 0.623. The number of aromatic nitrogens is 2. The van der Waals surface area contributed by atoms with E-state index >= 15 is 0 Å². The van der Waals surface area contributed by atoms with Gasteiger partial charge in [0.1, 0.15) is 11.6 Å². The molecule has 2 aromatic heterocycles. The van der Waals surface area contributed by atoms with E-state index in [0.29, 0.717) is 11.6 Å². The summed E-state index contributed by atoms with van der Waals surface area (Å²) in [5.41, 5.74) is 0.954. The number of nitrogens with one attached hydrogen (secondary N) is 1. The molecule has 1 N–H and O–H groups in total. The van der Waals surface area contributed by atoms with E-state index in [9.17, 15) is 13.2 Å². The summed E-state index contributed by atoms with van der Waals surface area (Å²) < 4.78 is 34.9. The Morgan fingerprint density at radius 3 is 2.59 bits per heavy atom. The smallest absolute Gasteiger partial charge is 0.243 e. The van der Waals surface area contributed by atoms with Crippen molar-refractivity contribution < 1.29 is 17.6 Å². The molecule has 32 heavy (non-hydrogen) atoms. The third-order valence-electron chi connectivity index (χ3n) is 5.75. The van der Waals surface area contributed by atoms with E-state index in [2.05, 4.69) is 10.4 Å². The molecule has 8 nitrogen and oxygen atoms in total. The molecule has 1 aromatic carbocycles. The number of carbonyl (C=O) groups is 1. The van der Waals surface area contributed by atoms with Gasteiger partial charge in [0, 0.05) is 6.07 Å². The van der Waals surface area contributed by atoms with Crippen LogP contribution in [0.1, 0.15) is 49.5 Å². The molecular weight excluding hydrogens is 428 g/mol. The van der Waals surface area contributed by atoms with Crippen LogP contribution in [0, 0.1) is 6.92 Å². The lowest BCUT2D eigenvalue weighted by molar-refractivity contribution is -0.116. The number of hydrogen-bond acceptors (Lipinski definition) is 5. The van der Waals surface area contributed by atoms with E-state index in [1.807, 2.05) is 11.6 Å². The first-order chi connectivity index (χ1) is 15.4. The highest BCUT2D eigenvalue weighted by Gasteiger charge is 2.28. The largest absolute Gasteiger partial charge is 0.468 e. The number of furan rings is 1. The Balaban J connectivity index is 1.53. The van der Waals surface area contributed by atoms with Crippen molar-refractivity contribution in [2.24, 2.45) is 0 Å². The Morgan fingerprint density at radius 1 is 1.16 bits per heavy atom. The molecule has 9 heteroatoms. The zero-order chi connectivity index (χ0) is 22.6. The first-order valence-electron chi connectivity index (χ1n) is 10.9. The van der Waals surface area contributed by atoms with Gasteiger partial charge in [-0.15, -0.1) is 0 Å². The zero-order valence-electron chi connectivity index (χ0n) is 18.1. The van der Waals surface area contributed by atoms with Crippen LogP contribution in [-0.4, -0.2) is 35.0 Å². The van der Waals surface area contributed by atoms with Crippen LogP contribution in [0.2, 0.25) is 0 Å². The molecule has 4 rings (SSSR count). The fraction of sp³-hybridized carbons (Fsp3) is 0.391. The SMILES string of the molecule is Cc1ccc(S(=O)(=O)N(CC(=O)Nc2ccnn2C2CCCCC2)Cc2ccco2)cc1. The molecule has 0 aliphatic heterocycles. The summed E-state index contributed by atoms with van der Waals surface area (Å²) >= 11 is 0. The van der Waals surface area contributed by atoms with Crippen LogP contribution >= 0.6 is 0 Å². The molecule has 0 saturated heterocycles. The van der Waals surface area contributed by atoms with Crippen LogP contribution < -0.4 is 5.32 Å². The van der Waals surface area contributed by atoms with Gasteiger partial charge in [-0.05, 0) is 44.0 Å². The minimum Gasteiger partial charge on any atom is -0.468 e. The van der Waals surface area contributed by atoms with Crippen LogP contribution in [0.25, 0.3) is 0 Å². The second-order valence-corrected chi connectivity index (χ2v) is 10.1. The van der Waals surface area contributed by atoms with Gasteiger partial charge in [-0.25, -0.2) is 13.1 Å². The fourth-order valence-electron chi connectivity index (χ4n) is 4.03. The second kappa shape index (κ2) is 9.70. The van der Waals surface area contributed by atoms with Crippen molar-refractivity contribution in [2.45, 2.75) is 56.5 Å². The molecular formula is C23H28N4O4S. The molecule has 1 amide bonds. The van der Waals surface area contributed by atoms with Crippen molar-refractivity contribution in [3.63, 3.8) is 0 Å². The maximum Gasteiger partial charge on any atom is 0.243 e. The van der Waals surface area contributed by atoms with Gasteiger partial charge in [-0.1, -0.05) is 37.0 Å². The monoisotopic (exact) mass is 456 g/mol. The predicted octanol–water partition coefficient (Wildman–Crippen LogP) is 4.12. The number of carbonyl (C=O) groups excluding carboxylic acids is 1. The predicted molar refractivity (Wildman–Crippen MR) is 120 cm³/mol. The average Bonchev–Trinajstić information content (AvgIpc) is 3.46. The number of aryl methyl sites for hydroxylation is 1. The Morgan fingerprint density at radius 2 is 1.91 bits per heavy atom. The summed E-state index contributed by atoms with van der Waals surface area (Å²) in [6.45, 7) is 1.51. The highest BCUT2D eigenvalue weighted by atomic mass is 32.2. The molecule has 0 radical (unpaired) electrons. The van der Waals surface area contributed by atoms with Gasteiger partial charge in [0.15, 0.2) is 0 Å². The standard InChI is InChI=1S/C23H28N4O4S/c1-18-9-11-21(12-10-18)32(29,30)26(16-20-8-5-15-31-20)17-23(28)25-22-13-14-24-27(22)19-6-3-2-4-7-19/h5,8-15,19H,2-4,6-7,16-17H2,1H3,(H,25,28). The van der Waals surface area contributed by atoms with Gasteiger partial charge in [0.05, 0.1) is 36.5 Å². The summed E-state index contributed by atoms with van der Waals surface area (Å²) in [6.07, 6.45) is 8.70. The van der Waals surface area contributed by atoms with E-state index in [1.165, 1.54) is 12.7 Å². The molecule has 1 aliphatic rings. The van der Waals surface area contributed by atoms with Gasteiger partial charge in [0.25, 0.3) is 0 Å². The normalized spacial score (nSPS) is 15.2. The van der Waals surface area contributed by atoms with Gasteiger partial charge in [-0.3, -0.25) is 4.79 Å². The van der Waals surface area contributed by atoms with Crippen molar-refractivity contribution in [3.05, 3.63) is 66.2 Å². The molecule has 0 atom stereocenters. The quantitative estimate of drug-likeness (QED) is 0.550. The molecule has 0 unspecified atom stereocenters. The van der Waals surface area contributed by atoms with Gasteiger partial charge in [0.2, 0.25) is 15.9 Å². The first kappa shape index (κ1) is 22.3. The highest BCUT2D eigenvalue weighted by molar-refractivity contribution is 7.89. The summed E-state index contributed by atoms with van der Waals surface area (Å²) in [5, 5.41) is 7.25. The molecule has 170 valence electrons. The molecule has 0 spiro atoms. The van der Waals surface area contributed by atoms with E-state index in [4.69, 9.17) is 4.42 Å². The van der Waals surface area contributed by atoms with Crippen molar-refractivity contribution in [1.29, 1.82) is 0 Å². The van der Waals surface area contributed by atoms with E-state index in [-0.39, 0.29) is 24.0 Å². The van der Waals surface area contributed by atoms with E-state index in [0.717, 1.165) is 35.6 Å². The highest BCUT2D eigenvalue weighted by Crippen LogP contribution is 2.30. The lowest BCUT2D eigenvalue weighted by Crippen LogP contribution is -2.38. The van der Waals surface area contributed by atoms with Gasteiger partial charge >= 0.3 is 0 Å². The van der Waals surface area contributed by atoms with Crippen LogP contribution in [-0.2, 0) is 21.4 Å². The maximum absolute atomic E-state index is 13.3. The van der Waals surface area contributed by atoms with Crippen molar-refractivity contribution in [1.82, 2.24) is 14.1 Å². The molecule has 0 bridgehead atoms. The van der Waals surface area contributed by atoms with Crippen LogP contribution in [0.15, 0.2) is 64.2 Å². The lowest BCUT2D eigenvalue weighted by Gasteiger charge is -2.24. The lowest BCUT2D eigenvalue weighted by atomic mass is 9.96. The minimum atomic E-state index is -3.91. The average molecular weight is 457 g/mol. The molecule has 1 fully saturated rings. The number of rotatable bonds is 8. The Bertz CT molecular complexity index is 1130. The summed E-state index contributed by atoms with van der Waals surface area (Å²) in [6, 6.07) is 12.0. The van der Waals surface area contributed by atoms with Crippen LogP contribution in [0.5, 0.6) is 0 Å². The van der Waals surface area contributed by atoms with Crippen molar-refractivity contribution in [2.75, 3.05) is 11.9 Å². The second-order valence-electron chi connectivity index (χ2n) is 8.17. The molecule has 2 heterocycles. The third kappa shape index (κ3) is 5.11. The minimum absolute atomic E-state index is 0.0431. The third-order valence-corrected chi connectivity index (χ3v) is 7.56. The fourth-order valence-corrected chi connectivity index (χ4v) is 5.40. The molecule has 1 saturated carbocycles. The first-order valence-corrected chi connectivity index (χ1v) is 12.3. The van der Waals surface area contributed by atoms with E-state index < -0.39 is 15.9 Å². The van der Waals surface area contributed by atoms with Crippen molar-refractivity contribution >= 4 is 21.7 Å². The Hall–Kier alpha value is -2.91. The zero-order valence-corrected chi connectivity index (χ0v) is 18.9. The Labute approximate surface area is 188 Å². The maximum atomic E-state index is 13.3. The number of hydrogen-bond donors (Lipinski definition) is 1. The van der Waals surface area contributed by atoms with Gasteiger partial charge in [-0.2, -0.15) is 9.40 Å². The van der Waals surface area contributed by atoms with Crippen LogP contribution in [0.4, 0.5) is 5.82 Å². The number of amides is 1. The summed E-state index contributed by atoms with van der Waals surface area (Å²) in [7, 11) is -3.91. The number of anilines is 1. The topological polar surface area (TPSA) is 97.4 Å². The van der Waals surface area contributed by atoms with E-state index in [1.54, 1.807) is 48.7 Å². The van der Waals surface area contributed by atoms with Crippen molar-refractivity contribution in [3.8, 4) is 0 Å². The molecule has 1 aliphatic carbocycles. The van der Waals surface area contributed by atoms with Gasteiger partial charge < -0.3 is 9.73 Å². The molecule has 3 aromatic rings. The number of benzene rings is 1.